The quantitative estimate of drug-likeness (QED) is 0.483. The molecule has 2 heterocycles. The van der Waals surface area contributed by atoms with Crippen LogP contribution in [0.3, 0.4) is 0 Å². The lowest BCUT2D eigenvalue weighted by molar-refractivity contribution is -0.168. The first-order chi connectivity index (χ1) is 6.74. The maximum atomic E-state index is 11.5. The van der Waals surface area contributed by atoms with Gasteiger partial charge in [-0.3, -0.25) is 4.79 Å². The van der Waals surface area contributed by atoms with Gasteiger partial charge in [-0.2, -0.15) is 0 Å². The Morgan fingerprint density at radius 1 is 1.57 bits per heavy atom. The summed E-state index contributed by atoms with van der Waals surface area (Å²) in [6.07, 6.45) is 3.45. The summed E-state index contributed by atoms with van der Waals surface area (Å²) in [6, 6.07) is 0.0145. The van der Waals surface area contributed by atoms with Crippen LogP contribution in [-0.2, 0) is 14.3 Å². The summed E-state index contributed by atoms with van der Waals surface area (Å²) >= 11 is 0. The summed E-state index contributed by atoms with van der Waals surface area (Å²) in [5, 5.41) is 0. The number of carbonyl (C=O) groups is 2. The number of rotatable bonds is 2. The van der Waals surface area contributed by atoms with Crippen LogP contribution < -0.4 is 0 Å². The molecule has 0 bridgehead atoms. The van der Waals surface area contributed by atoms with Gasteiger partial charge in [0.25, 0.3) is 0 Å². The van der Waals surface area contributed by atoms with E-state index in [9.17, 15) is 9.59 Å². The van der Waals surface area contributed by atoms with Crippen molar-refractivity contribution >= 4 is 11.9 Å². The lowest BCUT2D eigenvalue weighted by atomic mass is 9.86. The number of amides is 1. The number of β-lactam (4-membered cyclic amide) rings is 1. The highest BCUT2D eigenvalue weighted by molar-refractivity contribution is 5.89. The number of ether oxygens (including phenoxy) is 1. The number of fused-ring (bicyclic) bond motifs is 1. The Hall–Kier alpha value is -1.06. The number of esters is 1. The molecule has 0 aromatic heterocycles. The minimum atomic E-state index is -0.296. The lowest BCUT2D eigenvalue weighted by Crippen LogP contribution is -2.62. The van der Waals surface area contributed by atoms with Crippen molar-refractivity contribution in [2.24, 2.45) is 0 Å². The van der Waals surface area contributed by atoms with Crippen molar-refractivity contribution < 1.29 is 14.3 Å². The molecule has 2 aliphatic heterocycles. The normalized spacial score (nSPS) is 30.6. The van der Waals surface area contributed by atoms with Gasteiger partial charge >= 0.3 is 5.97 Å². The van der Waals surface area contributed by atoms with Crippen molar-refractivity contribution in [2.75, 3.05) is 6.61 Å². The fraction of sp³-hybridized carbons (Fsp3) is 0.800. The summed E-state index contributed by atoms with van der Waals surface area (Å²) in [5.74, 6) is -0.127. The van der Waals surface area contributed by atoms with E-state index in [0.717, 1.165) is 19.3 Å². The molecule has 0 aliphatic carbocycles. The second-order valence-electron chi connectivity index (χ2n) is 3.86. The van der Waals surface area contributed by atoms with Crippen molar-refractivity contribution in [3.8, 4) is 0 Å². The SMILES string of the molecule is CCOC(=O)[C@@H]1CCC[C@@H]2CC(=O)N21. The molecule has 0 radical (unpaired) electrons. The number of hydrogen-bond acceptors (Lipinski definition) is 3. The maximum absolute atomic E-state index is 11.5. The predicted octanol–water partition coefficient (Wildman–Crippen LogP) is 0.703. The van der Waals surface area contributed by atoms with E-state index < -0.39 is 0 Å². The topological polar surface area (TPSA) is 46.6 Å². The number of nitrogens with zero attached hydrogens (tertiary/aromatic N) is 1. The summed E-state index contributed by atoms with van der Waals surface area (Å²) in [5.41, 5.74) is 0. The zero-order valence-electron chi connectivity index (χ0n) is 8.36. The van der Waals surface area contributed by atoms with E-state index in [1.165, 1.54) is 0 Å². The Kier molecular flexibility index (Phi) is 2.44. The Balaban J connectivity index is 2.02. The zero-order chi connectivity index (χ0) is 10.1. The third-order valence-corrected chi connectivity index (χ3v) is 3.00. The fourth-order valence-electron chi connectivity index (χ4n) is 2.32. The molecule has 0 aromatic carbocycles. The number of carbonyl (C=O) groups excluding carboxylic acids is 2. The van der Waals surface area contributed by atoms with Crippen LogP contribution in [0.15, 0.2) is 0 Å². The minimum Gasteiger partial charge on any atom is -0.464 e. The standard InChI is InChI=1S/C10H15NO3/c1-2-14-10(13)8-5-3-4-7-6-9(12)11(7)8/h7-8H,2-6H2,1H3/t7-,8+/m1/s1. The third kappa shape index (κ3) is 1.38. The molecule has 0 N–H and O–H groups in total. The van der Waals surface area contributed by atoms with Crippen LogP contribution in [0.5, 0.6) is 0 Å². The first kappa shape index (κ1) is 9.49. The van der Waals surface area contributed by atoms with E-state index in [1.54, 1.807) is 11.8 Å². The molecule has 0 saturated carbocycles. The van der Waals surface area contributed by atoms with Gasteiger partial charge < -0.3 is 9.64 Å². The first-order valence-electron chi connectivity index (χ1n) is 5.22. The van der Waals surface area contributed by atoms with Gasteiger partial charge in [0.05, 0.1) is 6.61 Å². The Morgan fingerprint density at radius 3 is 3.00 bits per heavy atom. The molecular weight excluding hydrogens is 182 g/mol. The molecule has 0 unspecified atom stereocenters. The molecule has 4 heteroatoms. The molecule has 2 aliphatic rings. The van der Waals surface area contributed by atoms with Gasteiger partial charge in [0.2, 0.25) is 5.91 Å². The molecule has 2 saturated heterocycles. The summed E-state index contributed by atoms with van der Waals surface area (Å²) < 4.78 is 4.95. The van der Waals surface area contributed by atoms with Crippen LogP contribution in [0.2, 0.25) is 0 Å². The molecule has 0 aromatic rings. The summed E-state index contributed by atoms with van der Waals surface area (Å²) in [6.45, 7) is 2.18. The van der Waals surface area contributed by atoms with Crippen molar-refractivity contribution in [3.63, 3.8) is 0 Å². The number of piperidine rings is 1. The third-order valence-electron chi connectivity index (χ3n) is 3.00. The van der Waals surface area contributed by atoms with Crippen molar-refractivity contribution in [3.05, 3.63) is 0 Å². The second kappa shape index (κ2) is 3.59. The Morgan fingerprint density at radius 2 is 2.36 bits per heavy atom. The highest BCUT2D eigenvalue weighted by atomic mass is 16.5. The highest BCUT2D eigenvalue weighted by Crippen LogP contribution is 2.33. The predicted molar refractivity (Wildman–Crippen MR) is 49.5 cm³/mol. The Labute approximate surface area is 83.2 Å². The average molecular weight is 197 g/mol. The Bertz CT molecular complexity index is 264. The highest BCUT2D eigenvalue weighted by Gasteiger charge is 2.46. The van der Waals surface area contributed by atoms with Gasteiger partial charge in [0.1, 0.15) is 6.04 Å². The molecule has 1 amide bonds. The van der Waals surface area contributed by atoms with E-state index >= 15 is 0 Å². The molecule has 78 valence electrons. The monoisotopic (exact) mass is 197 g/mol. The van der Waals surface area contributed by atoms with Crippen LogP contribution in [0.1, 0.15) is 32.6 Å². The van der Waals surface area contributed by atoms with E-state index in [2.05, 4.69) is 0 Å². The molecule has 14 heavy (non-hydrogen) atoms. The largest absolute Gasteiger partial charge is 0.464 e. The molecule has 2 atom stereocenters. The summed E-state index contributed by atoms with van der Waals surface area (Å²) in [7, 11) is 0. The fourth-order valence-corrected chi connectivity index (χ4v) is 2.32. The summed E-state index contributed by atoms with van der Waals surface area (Å²) in [4.78, 5) is 24.5. The maximum Gasteiger partial charge on any atom is 0.328 e. The molecular formula is C10H15NO3. The van der Waals surface area contributed by atoms with Gasteiger partial charge in [0, 0.05) is 12.5 Å². The van der Waals surface area contributed by atoms with Crippen LogP contribution in [0.25, 0.3) is 0 Å². The van der Waals surface area contributed by atoms with Gasteiger partial charge in [0.15, 0.2) is 0 Å². The molecule has 4 nitrogen and oxygen atoms in total. The van der Waals surface area contributed by atoms with Crippen molar-refractivity contribution in [1.82, 2.24) is 4.90 Å². The van der Waals surface area contributed by atoms with E-state index in [0.29, 0.717) is 19.1 Å². The lowest BCUT2D eigenvalue weighted by Gasteiger charge is -2.47. The zero-order valence-corrected chi connectivity index (χ0v) is 8.36. The van der Waals surface area contributed by atoms with Gasteiger partial charge in [-0.25, -0.2) is 4.79 Å². The average Bonchev–Trinajstić information content (AvgIpc) is 2.16. The minimum absolute atomic E-state index is 0.104. The molecule has 2 rings (SSSR count). The first-order valence-corrected chi connectivity index (χ1v) is 5.22. The number of hydrogen-bond donors (Lipinski definition) is 0. The molecule has 0 spiro atoms. The van der Waals surface area contributed by atoms with E-state index in [-0.39, 0.29) is 17.9 Å². The smallest absolute Gasteiger partial charge is 0.328 e. The van der Waals surface area contributed by atoms with Crippen LogP contribution in [0, 0.1) is 0 Å². The second-order valence-corrected chi connectivity index (χ2v) is 3.86. The van der Waals surface area contributed by atoms with Crippen LogP contribution in [0.4, 0.5) is 0 Å². The van der Waals surface area contributed by atoms with Crippen LogP contribution in [-0.4, -0.2) is 35.5 Å². The van der Waals surface area contributed by atoms with Gasteiger partial charge in [-0.15, -0.1) is 0 Å². The van der Waals surface area contributed by atoms with Crippen molar-refractivity contribution in [1.29, 1.82) is 0 Å². The van der Waals surface area contributed by atoms with Gasteiger partial charge in [-0.05, 0) is 26.2 Å². The molecule has 2 fully saturated rings. The van der Waals surface area contributed by atoms with E-state index in [1.807, 2.05) is 0 Å². The van der Waals surface area contributed by atoms with Crippen LogP contribution >= 0.6 is 0 Å². The van der Waals surface area contributed by atoms with E-state index in [4.69, 9.17) is 4.74 Å². The van der Waals surface area contributed by atoms with Gasteiger partial charge in [-0.1, -0.05) is 0 Å². The van der Waals surface area contributed by atoms with Crippen molar-refractivity contribution in [2.45, 2.75) is 44.7 Å².